The highest BCUT2D eigenvalue weighted by Crippen LogP contribution is 2.32. The Morgan fingerprint density at radius 2 is 1.68 bits per heavy atom. The molecule has 7 heteroatoms. The maximum absolute atomic E-state index is 10.6. The van der Waals surface area contributed by atoms with E-state index in [1.807, 2.05) is 72.8 Å². The van der Waals surface area contributed by atoms with Crippen molar-refractivity contribution >= 4 is 28.1 Å². The van der Waals surface area contributed by atoms with Crippen LogP contribution in [0, 0.1) is 5.41 Å². The zero-order valence-corrected chi connectivity index (χ0v) is 16.8. The summed E-state index contributed by atoms with van der Waals surface area (Å²) < 4.78 is 11.1. The van der Waals surface area contributed by atoms with Crippen molar-refractivity contribution in [2.75, 3.05) is 18.6 Å². The number of rotatable bonds is 5. The van der Waals surface area contributed by atoms with Crippen molar-refractivity contribution in [1.82, 2.24) is 9.97 Å². The van der Waals surface area contributed by atoms with E-state index in [1.54, 1.807) is 12.0 Å². The number of amidine groups is 1. The fraction of sp³-hybridized carbons (Fsp3) is 0.0833. The van der Waals surface area contributed by atoms with E-state index >= 15 is 0 Å². The van der Waals surface area contributed by atoms with Crippen LogP contribution in [0.3, 0.4) is 0 Å². The van der Waals surface area contributed by atoms with E-state index in [2.05, 4.69) is 9.97 Å². The molecule has 0 saturated heterocycles. The summed E-state index contributed by atoms with van der Waals surface area (Å²) in [6.07, 6.45) is 0. The average molecular weight is 412 g/mol. The Bertz CT molecular complexity index is 1290. The number of nitrogens with zero attached hydrogens (tertiary/aromatic N) is 2. The average Bonchev–Trinajstić information content (AvgIpc) is 3.34. The fourth-order valence-corrected chi connectivity index (χ4v) is 3.60. The molecule has 0 atom stereocenters. The summed E-state index contributed by atoms with van der Waals surface area (Å²) in [4.78, 5) is 9.46. The molecule has 31 heavy (non-hydrogen) atoms. The number of para-hydroxylation sites is 1. The van der Waals surface area contributed by atoms with Crippen molar-refractivity contribution in [3.8, 4) is 17.2 Å². The van der Waals surface area contributed by atoms with Crippen LogP contribution in [0.15, 0.2) is 78.6 Å². The number of aliphatic hydroxyl groups is 1. The molecule has 1 aliphatic rings. The summed E-state index contributed by atoms with van der Waals surface area (Å²) in [6.45, 7) is 0.202. The Morgan fingerprint density at radius 1 is 0.968 bits per heavy atom. The number of aliphatic hydroxyl groups excluding tert-OH is 1. The summed E-state index contributed by atoms with van der Waals surface area (Å²) >= 11 is 0. The Balaban J connectivity index is 1.38. The van der Waals surface area contributed by atoms with E-state index in [-0.39, 0.29) is 18.1 Å². The number of nitrogens with one attached hydrogen (secondary N) is 2. The molecule has 0 fully saturated rings. The Hall–Kier alpha value is -4.26. The molecule has 0 bridgehead atoms. The minimum atomic E-state index is 0.0978. The number of anilines is 1. The molecule has 0 unspecified atom stereocenters. The molecule has 0 amide bonds. The predicted molar refractivity (Wildman–Crippen MR) is 120 cm³/mol. The van der Waals surface area contributed by atoms with Crippen LogP contribution in [0.5, 0.6) is 17.2 Å². The molecule has 0 radical (unpaired) electrons. The van der Waals surface area contributed by atoms with Crippen LogP contribution in [0.4, 0.5) is 5.69 Å². The second kappa shape index (κ2) is 7.53. The maximum Gasteiger partial charge on any atom is 0.145 e. The Labute approximate surface area is 178 Å². The van der Waals surface area contributed by atoms with Crippen LogP contribution in [0.1, 0.15) is 5.82 Å². The molecule has 5 rings (SSSR count). The smallest absolute Gasteiger partial charge is 0.145 e. The zero-order chi connectivity index (χ0) is 21.4. The van der Waals surface area contributed by atoms with Gasteiger partial charge in [0.2, 0.25) is 0 Å². The number of methoxy groups -OCH3 is 1. The quantitative estimate of drug-likeness (QED) is 0.422. The van der Waals surface area contributed by atoms with E-state index in [0.717, 1.165) is 22.5 Å². The lowest BCUT2D eigenvalue weighted by Gasteiger charge is -2.19. The highest BCUT2D eigenvalue weighted by molar-refractivity contribution is 6.30. The molecular formula is C24H20N4O3. The lowest BCUT2D eigenvalue weighted by atomic mass is 10.2. The van der Waals surface area contributed by atoms with E-state index in [4.69, 9.17) is 14.9 Å². The van der Waals surface area contributed by atoms with Crippen LogP contribution in [-0.2, 0) is 0 Å². The Morgan fingerprint density at radius 3 is 2.42 bits per heavy atom. The number of fused-ring (bicyclic) bond motifs is 1. The zero-order valence-electron chi connectivity index (χ0n) is 16.8. The van der Waals surface area contributed by atoms with E-state index in [9.17, 15) is 5.11 Å². The Kier molecular flexibility index (Phi) is 4.55. The minimum Gasteiger partial charge on any atom is -0.509 e. The van der Waals surface area contributed by atoms with Gasteiger partial charge in [-0.1, -0.05) is 18.2 Å². The maximum atomic E-state index is 10.6. The van der Waals surface area contributed by atoms with Gasteiger partial charge in [-0.15, -0.1) is 0 Å². The van der Waals surface area contributed by atoms with Gasteiger partial charge in [-0.05, 0) is 48.5 Å². The van der Waals surface area contributed by atoms with Crippen molar-refractivity contribution in [1.29, 1.82) is 5.41 Å². The first-order valence-electron chi connectivity index (χ1n) is 9.78. The van der Waals surface area contributed by atoms with Crippen molar-refractivity contribution < 1.29 is 14.6 Å². The van der Waals surface area contributed by atoms with Crippen LogP contribution >= 0.6 is 0 Å². The van der Waals surface area contributed by atoms with Crippen molar-refractivity contribution in [3.63, 3.8) is 0 Å². The van der Waals surface area contributed by atoms with Gasteiger partial charge in [-0.25, -0.2) is 4.98 Å². The minimum absolute atomic E-state index is 0.0978. The summed E-state index contributed by atoms with van der Waals surface area (Å²) in [5.74, 6) is 2.90. The molecule has 0 saturated carbocycles. The number of aromatic nitrogens is 2. The van der Waals surface area contributed by atoms with Gasteiger partial charge in [0.05, 0.1) is 30.3 Å². The molecular weight excluding hydrogens is 392 g/mol. The van der Waals surface area contributed by atoms with Gasteiger partial charge in [0.1, 0.15) is 34.7 Å². The first-order valence-corrected chi connectivity index (χ1v) is 9.78. The van der Waals surface area contributed by atoms with Gasteiger partial charge >= 0.3 is 0 Å². The van der Waals surface area contributed by atoms with E-state index < -0.39 is 0 Å². The van der Waals surface area contributed by atoms with Crippen molar-refractivity contribution in [2.45, 2.75) is 0 Å². The van der Waals surface area contributed by atoms with Crippen molar-refractivity contribution in [3.05, 3.63) is 84.4 Å². The second-order valence-electron chi connectivity index (χ2n) is 7.13. The van der Waals surface area contributed by atoms with Crippen LogP contribution in [0.25, 0.3) is 16.6 Å². The number of ether oxygens (including phenoxy) is 2. The van der Waals surface area contributed by atoms with Gasteiger partial charge in [0.15, 0.2) is 0 Å². The molecule has 0 spiro atoms. The summed E-state index contributed by atoms with van der Waals surface area (Å²) in [7, 11) is 1.60. The third-order valence-electron chi connectivity index (χ3n) is 5.16. The molecule has 1 aliphatic heterocycles. The molecule has 0 aliphatic carbocycles. The number of hydrogen-bond donors (Lipinski definition) is 3. The predicted octanol–water partition coefficient (Wildman–Crippen LogP) is 5.13. The molecule has 3 aromatic carbocycles. The van der Waals surface area contributed by atoms with Crippen molar-refractivity contribution in [2.24, 2.45) is 0 Å². The number of imidazole rings is 1. The van der Waals surface area contributed by atoms with Gasteiger partial charge in [-0.2, -0.15) is 0 Å². The first-order chi connectivity index (χ1) is 15.1. The monoisotopic (exact) mass is 412 g/mol. The highest BCUT2D eigenvalue weighted by Gasteiger charge is 2.31. The highest BCUT2D eigenvalue weighted by atomic mass is 16.5. The van der Waals surface area contributed by atoms with E-state index in [0.29, 0.717) is 22.9 Å². The van der Waals surface area contributed by atoms with E-state index in [1.165, 1.54) is 0 Å². The summed E-state index contributed by atoms with van der Waals surface area (Å²) in [5, 5.41) is 19.3. The lowest BCUT2D eigenvalue weighted by Crippen LogP contribution is -2.26. The van der Waals surface area contributed by atoms with Gasteiger partial charge < -0.3 is 24.5 Å². The summed E-state index contributed by atoms with van der Waals surface area (Å²) in [5.41, 5.74) is 2.69. The SMILES string of the molecule is COc1ccc2nc(C3=C(O)CN(c4ccc(Oc5ccccc5)cc4)C3=N)[nH]c2c1. The van der Waals surface area contributed by atoms with Crippen LogP contribution in [-0.4, -0.2) is 34.6 Å². The van der Waals surface area contributed by atoms with Gasteiger partial charge in [-0.3, -0.25) is 5.41 Å². The largest absolute Gasteiger partial charge is 0.509 e. The molecule has 4 aromatic rings. The molecule has 7 nitrogen and oxygen atoms in total. The van der Waals surface area contributed by atoms with Crippen LogP contribution in [0.2, 0.25) is 0 Å². The fourth-order valence-electron chi connectivity index (χ4n) is 3.60. The van der Waals surface area contributed by atoms with Gasteiger partial charge in [0, 0.05) is 11.8 Å². The van der Waals surface area contributed by atoms with Crippen LogP contribution < -0.4 is 14.4 Å². The standard InChI is InChI=1S/C24H20N4O3/c1-30-18-11-12-19-20(13-18)27-24(26-19)22-21(29)14-28(23(22)25)15-7-9-17(10-8-15)31-16-5-3-2-4-6-16/h2-13,25,29H,14H2,1H3,(H,26,27). The van der Waals surface area contributed by atoms with Gasteiger partial charge in [0.25, 0.3) is 0 Å². The number of benzene rings is 3. The lowest BCUT2D eigenvalue weighted by molar-refractivity contribution is 0.411. The third-order valence-corrected chi connectivity index (χ3v) is 5.16. The second-order valence-corrected chi connectivity index (χ2v) is 7.13. The first kappa shape index (κ1) is 18.7. The molecule has 1 aromatic heterocycles. The topological polar surface area (TPSA) is 94.5 Å². The summed E-state index contributed by atoms with van der Waals surface area (Å²) in [6, 6.07) is 22.5. The number of H-pyrrole nitrogens is 1. The number of hydrogen-bond acceptors (Lipinski definition) is 5. The normalized spacial score (nSPS) is 13.8. The third kappa shape index (κ3) is 3.46. The molecule has 154 valence electrons. The molecule has 3 N–H and O–H groups in total. The molecule has 2 heterocycles. The number of aromatic amines is 1.